The van der Waals surface area contributed by atoms with Crippen molar-refractivity contribution in [2.75, 3.05) is 13.7 Å². The molecule has 1 aromatic carbocycles. The van der Waals surface area contributed by atoms with Gasteiger partial charge in [-0.05, 0) is 42.5 Å². The van der Waals surface area contributed by atoms with Crippen LogP contribution in [0.25, 0.3) is 6.08 Å². The molecule has 0 heterocycles. The van der Waals surface area contributed by atoms with Gasteiger partial charge in [-0.1, -0.05) is 42.6 Å². The molecule has 0 bridgehead atoms. The lowest BCUT2D eigenvalue weighted by Crippen LogP contribution is -2.45. The summed E-state index contributed by atoms with van der Waals surface area (Å²) < 4.78 is 11.2. The van der Waals surface area contributed by atoms with Gasteiger partial charge < -0.3 is 14.8 Å². The summed E-state index contributed by atoms with van der Waals surface area (Å²) in [7, 11) is 1.57. The molecule has 0 aromatic heterocycles. The van der Waals surface area contributed by atoms with Crippen molar-refractivity contribution in [3.63, 3.8) is 0 Å². The quantitative estimate of drug-likeness (QED) is 0.555. The first-order chi connectivity index (χ1) is 12.4. The van der Waals surface area contributed by atoms with Crippen LogP contribution in [0.5, 0.6) is 5.75 Å². The van der Waals surface area contributed by atoms with Crippen LogP contribution < -0.4 is 10.1 Å². The molecule has 1 aromatic rings. The fourth-order valence-electron chi connectivity index (χ4n) is 3.21. The summed E-state index contributed by atoms with van der Waals surface area (Å²) >= 11 is 3.38. The monoisotopic (exact) mass is 423 g/mol. The highest BCUT2D eigenvalue weighted by molar-refractivity contribution is 9.10. The number of hydrogen-bond acceptors (Lipinski definition) is 4. The first-order valence-corrected chi connectivity index (χ1v) is 9.67. The molecule has 1 aliphatic carbocycles. The number of halogens is 1. The lowest BCUT2D eigenvalue weighted by molar-refractivity contribution is -0.144. The third-order valence-corrected chi connectivity index (χ3v) is 5.48. The normalized spacial score (nSPS) is 22.8. The maximum absolute atomic E-state index is 12.0. The number of hydrogen-bond donors (Lipinski definition) is 1. The van der Waals surface area contributed by atoms with Crippen LogP contribution in [-0.2, 0) is 14.3 Å². The molecule has 5 nitrogen and oxygen atoms in total. The maximum atomic E-state index is 12.0. The molecule has 1 aliphatic rings. The number of amides is 1. The molecule has 1 fully saturated rings. The van der Waals surface area contributed by atoms with Crippen LogP contribution in [-0.4, -0.2) is 31.6 Å². The van der Waals surface area contributed by atoms with E-state index in [-0.39, 0.29) is 18.6 Å². The molecule has 1 saturated carbocycles. The largest absolute Gasteiger partial charge is 0.496 e. The van der Waals surface area contributed by atoms with Crippen LogP contribution in [0.4, 0.5) is 0 Å². The standard InChI is InChI=1S/C20H26BrNO4/c1-13-5-4-6-17(14(13)2)22-19(23)12-26-20(24)10-7-15-11-16(21)8-9-18(15)25-3/h7-11,13-14,17H,4-6,12H2,1-3H3,(H,22,23)/b10-7+/t13-,14-,17-/m1/s1. The summed E-state index contributed by atoms with van der Waals surface area (Å²) in [6.45, 7) is 4.11. The molecule has 2 rings (SSSR count). The molecule has 6 heteroatoms. The van der Waals surface area contributed by atoms with Gasteiger partial charge in [-0.15, -0.1) is 0 Å². The van der Waals surface area contributed by atoms with Crippen molar-refractivity contribution in [2.24, 2.45) is 11.8 Å². The smallest absolute Gasteiger partial charge is 0.331 e. The number of ether oxygens (including phenoxy) is 2. The molecule has 1 amide bonds. The van der Waals surface area contributed by atoms with Crippen molar-refractivity contribution >= 4 is 33.9 Å². The van der Waals surface area contributed by atoms with Gasteiger partial charge in [0.1, 0.15) is 5.75 Å². The van der Waals surface area contributed by atoms with E-state index < -0.39 is 5.97 Å². The highest BCUT2D eigenvalue weighted by Crippen LogP contribution is 2.29. The van der Waals surface area contributed by atoms with E-state index in [2.05, 4.69) is 35.1 Å². The van der Waals surface area contributed by atoms with Gasteiger partial charge in [0.15, 0.2) is 6.61 Å². The minimum Gasteiger partial charge on any atom is -0.496 e. The Morgan fingerprint density at radius 2 is 2.08 bits per heavy atom. The van der Waals surface area contributed by atoms with Crippen LogP contribution in [0.3, 0.4) is 0 Å². The van der Waals surface area contributed by atoms with E-state index in [9.17, 15) is 9.59 Å². The maximum Gasteiger partial charge on any atom is 0.331 e. The predicted octanol–water partition coefficient (Wildman–Crippen LogP) is 3.96. The summed E-state index contributed by atoms with van der Waals surface area (Å²) in [5, 5.41) is 2.99. The van der Waals surface area contributed by atoms with E-state index in [1.54, 1.807) is 19.3 Å². The van der Waals surface area contributed by atoms with E-state index in [0.717, 1.165) is 22.9 Å². The predicted molar refractivity (Wildman–Crippen MR) is 105 cm³/mol. The number of benzene rings is 1. The van der Waals surface area contributed by atoms with Crippen molar-refractivity contribution in [2.45, 2.75) is 39.2 Å². The van der Waals surface area contributed by atoms with Crippen LogP contribution >= 0.6 is 15.9 Å². The van der Waals surface area contributed by atoms with Crippen molar-refractivity contribution in [3.8, 4) is 5.75 Å². The lowest BCUT2D eigenvalue weighted by atomic mass is 9.78. The number of nitrogens with one attached hydrogen (secondary N) is 1. The van der Waals surface area contributed by atoms with Crippen LogP contribution in [0.15, 0.2) is 28.7 Å². The van der Waals surface area contributed by atoms with E-state index in [0.29, 0.717) is 17.6 Å². The van der Waals surface area contributed by atoms with Gasteiger partial charge in [0, 0.05) is 22.2 Å². The van der Waals surface area contributed by atoms with E-state index >= 15 is 0 Å². The highest BCUT2D eigenvalue weighted by Gasteiger charge is 2.28. The first kappa shape index (κ1) is 20.5. The van der Waals surface area contributed by atoms with Gasteiger partial charge >= 0.3 is 5.97 Å². The summed E-state index contributed by atoms with van der Waals surface area (Å²) in [5.41, 5.74) is 0.744. The molecule has 142 valence electrons. The van der Waals surface area contributed by atoms with Gasteiger partial charge in [-0.3, -0.25) is 4.79 Å². The summed E-state index contributed by atoms with van der Waals surface area (Å²) in [5.74, 6) is 0.868. The van der Waals surface area contributed by atoms with Crippen molar-refractivity contribution in [1.29, 1.82) is 0 Å². The Labute approximate surface area is 163 Å². The second kappa shape index (κ2) is 9.76. The van der Waals surface area contributed by atoms with Crippen LogP contribution in [0.1, 0.15) is 38.7 Å². The Bertz CT molecular complexity index is 674. The van der Waals surface area contributed by atoms with Gasteiger partial charge in [0.25, 0.3) is 5.91 Å². The Morgan fingerprint density at radius 3 is 2.81 bits per heavy atom. The topological polar surface area (TPSA) is 64.6 Å². The number of carbonyl (C=O) groups excluding carboxylic acids is 2. The Hall–Kier alpha value is -1.82. The van der Waals surface area contributed by atoms with E-state index in [1.165, 1.54) is 12.5 Å². The van der Waals surface area contributed by atoms with Gasteiger partial charge in [0.05, 0.1) is 7.11 Å². The summed E-state index contributed by atoms with van der Waals surface area (Å²) in [6, 6.07) is 5.65. The van der Waals surface area contributed by atoms with Crippen molar-refractivity contribution in [1.82, 2.24) is 5.32 Å². The molecule has 26 heavy (non-hydrogen) atoms. The summed E-state index contributed by atoms with van der Waals surface area (Å²) in [4.78, 5) is 23.9. The summed E-state index contributed by atoms with van der Waals surface area (Å²) in [6.07, 6.45) is 6.20. The van der Waals surface area contributed by atoms with Gasteiger partial charge in [-0.2, -0.15) is 0 Å². The van der Waals surface area contributed by atoms with Gasteiger partial charge in [0.2, 0.25) is 0 Å². The zero-order valence-electron chi connectivity index (χ0n) is 15.5. The third-order valence-electron chi connectivity index (χ3n) is 4.99. The SMILES string of the molecule is COc1ccc(Br)cc1/C=C/C(=O)OCC(=O)N[C@@H]1CCC[C@@H](C)[C@H]1C. The second-order valence-corrected chi connectivity index (χ2v) is 7.68. The number of methoxy groups -OCH3 is 1. The molecular weight excluding hydrogens is 398 g/mol. The van der Waals surface area contributed by atoms with Gasteiger partial charge in [-0.25, -0.2) is 4.79 Å². The van der Waals surface area contributed by atoms with Crippen molar-refractivity contribution < 1.29 is 19.1 Å². The Kier molecular flexibility index (Phi) is 7.69. The second-order valence-electron chi connectivity index (χ2n) is 6.77. The molecule has 0 saturated heterocycles. The highest BCUT2D eigenvalue weighted by atomic mass is 79.9. The van der Waals surface area contributed by atoms with Crippen LogP contribution in [0, 0.1) is 11.8 Å². The first-order valence-electron chi connectivity index (χ1n) is 8.88. The molecule has 0 aliphatic heterocycles. The fourth-order valence-corrected chi connectivity index (χ4v) is 3.59. The average Bonchev–Trinajstić information content (AvgIpc) is 2.62. The van der Waals surface area contributed by atoms with Crippen molar-refractivity contribution in [3.05, 3.63) is 34.3 Å². The number of esters is 1. The molecule has 3 atom stereocenters. The molecule has 0 spiro atoms. The van der Waals surface area contributed by atoms with E-state index in [4.69, 9.17) is 9.47 Å². The van der Waals surface area contributed by atoms with Crippen LogP contribution in [0.2, 0.25) is 0 Å². The third kappa shape index (κ3) is 5.87. The molecule has 0 radical (unpaired) electrons. The fraction of sp³-hybridized carbons (Fsp3) is 0.500. The zero-order chi connectivity index (χ0) is 19.1. The lowest BCUT2D eigenvalue weighted by Gasteiger charge is -2.34. The Balaban J connectivity index is 1.83. The molecule has 0 unspecified atom stereocenters. The Morgan fingerprint density at radius 1 is 1.31 bits per heavy atom. The average molecular weight is 424 g/mol. The minimum absolute atomic E-state index is 0.159. The number of rotatable bonds is 6. The molecule has 1 N–H and O–H groups in total. The number of carbonyl (C=O) groups is 2. The van der Waals surface area contributed by atoms with E-state index in [1.807, 2.05) is 12.1 Å². The minimum atomic E-state index is -0.563. The molecular formula is C20H26BrNO4. The zero-order valence-corrected chi connectivity index (χ0v) is 17.0.